The number of carbonyl (C=O) groups excluding carboxylic acids is 1. The Labute approximate surface area is 101 Å². The second-order valence-electron chi connectivity index (χ2n) is 4.46. The van der Waals surface area contributed by atoms with E-state index in [0.29, 0.717) is 6.61 Å². The van der Waals surface area contributed by atoms with E-state index in [1.807, 2.05) is 0 Å². The van der Waals surface area contributed by atoms with Gasteiger partial charge in [0, 0.05) is 6.61 Å². The lowest BCUT2D eigenvalue weighted by Crippen LogP contribution is -1.84. The zero-order chi connectivity index (χ0) is 12.6. The minimum Gasteiger partial charge on any atom is -0.396 e. The highest BCUT2D eigenvalue weighted by Crippen LogP contribution is 2.08. The molecule has 0 unspecified atom stereocenters. The molecule has 0 amide bonds. The summed E-state index contributed by atoms with van der Waals surface area (Å²) in [6.07, 6.45) is 11.8. The van der Waals surface area contributed by atoms with Gasteiger partial charge in [-0.3, -0.25) is 0 Å². The molecule has 2 nitrogen and oxygen atoms in total. The molecular weight excluding hydrogens is 200 g/mol. The lowest BCUT2D eigenvalue weighted by molar-refractivity contribution is -0.114. The van der Waals surface area contributed by atoms with Crippen molar-refractivity contribution in [2.75, 3.05) is 6.61 Å². The number of aliphatic hydroxyl groups is 1. The van der Waals surface area contributed by atoms with Crippen LogP contribution in [0.3, 0.4) is 0 Å². The van der Waals surface area contributed by atoms with Crippen molar-refractivity contribution in [1.29, 1.82) is 0 Å². The van der Waals surface area contributed by atoms with Crippen LogP contribution in [0.2, 0.25) is 0 Å². The first-order chi connectivity index (χ1) is 7.65. The monoisotopic (exact) mass is 230 g/mol. The Bertz CT molecular complexity index is 119. The zero-order valence-corrected chi connectivity index (χ0v) is 11.4. The fourth-order valence-electron chi connectivity index (χ4n) is 1.42. The van der Waals surface area contributed by atoms with Gasteiger partial charge in [-0.2, -0.15) is 0 Å². The minimum atomic E-state index is 0.167. The third-order valence-corrected chi connectivity index (χ3v) is 2.26. The summed E-state index contributed by atoms with van der Waals surface area (Å²) < 4.78 is 0. The summed E-state index contributed by atoms with van der Waals surface area (Å²) in [5.74, 6) is 0.167. The Hall–Kier alpha value is -0.370. The van der Waals surface area contributed by atoms with Gasteiger partial charge in [0.25, 0.3) is 0 Å². The van der Waals surface area contributed by atoms with Crippen LogP contribution in [0.5, 0.6) is 0 Å². The minimum absolute atomic E-state index is 0.167. The standard InChI is InChI=1S/C11H24O.C3H6O/c1-2-3-4-5-6-7-8-9-10-11-12;1-3(2)4/h12H,2-11H2,1H3;1-2H3. The molecule has 0 bridgehead atoms. The predicted molar refractivity (Wildman–Crippen MR) is 70.7 cm³/mol. The van der Waals surface area contributed by atoms with Gasteiger partial charge in [-0.15, -0.1) is 0 Å². The number of hydrogen-bond donors (Lipinski definition) is 1. The van der Waals surface area contributed by atoms with Crippen molar-refractivity contribution in [1.82, 2.24) is 0 Å². The first-order valence-electron chi connectivity index (χ1n) is 6.73. The SMILES string of the molecule is CC(C)=O.CCCCCCCCCCCO. The van der Waals surface area contributed by atoms with Crippen LogP contribution >= 0.6 is 0 Å². The molecule has 0 aliphatic rings. The van der Waals surface area contributed by atoms with Crippen LogP contribution in [-0.2, 0) is 4.79 Å². The Balaban J connectivity index is 0. The molecule has 0 aliphatic carbocycles. The molecule has 0 rings (SSSR count). The molecule has 0 saturated carbocycles. The van der Waals surface area contributed by atoms with Crippen LogP contribution in [0.15, 0.2) is 0 Å². The summed E-state index contributed by atoms with van der Waals surface area (Å²) in [4.78, 5) is 9.44. The van der Waals surface area contributed by atoms with Crippen LogP contribution in [0.4, 0.5) is 0 Å². The molecule has 1 N–H and O–H groups in total. The van der Waals surface area contributed by atoms with Crippen LogP contribution in [0.25, 0.3) is 0 Å². The van der Waals surface area contributed by atoms with E-state index in [4.69, 9.17) is 5.11 Å². The molecule has 0 saturated heterocycles. The molecule has 0 aromatic rings. The van der Waals surface area contributed by atoms with E-state index < -0.39 is 0 Å². The molecule has 0 radical (unpaired) electrons. The molecule has 0 heterocycles. The van der Waals surface area contributed by atoms with Crippen molar-refractivity contribution >= 4 is 5.78 Å². The van der Waals surface area contributed by atoms with Gasteiger partial charge >= 0.3 is 0 Å². The van der Waals surface area contributed by atoms with Gasteiger partial charge in [-0.05, 0) is 20.3 Å². The van der Waals surface area contributed by atoms with Crippen LogP contribution in [0, 0.1) is 0 Å². The largest absolute Gasteiger partial charge is 0.396 e. The molecule has 0 aliphatic heterocycles. The number of carbonyl (C=O) groups is 1. The van der Waals surface area contributed by atoms with E-state index in [2.05, 4.69) is 6.92 Å². The van der Waals surface area contributed by atoms with Crippen molar-refractivity contribution in [2.24, 2.45) is 0 Å². The third kappa shape index (κ3) is 29.2. The van der Waals surface area contributed by atoms with Crippen LogP contribution in [-0.4, -0.2) is 17.5 Å². The average molecular weight is 230 g/mol. The van der Waals surface area contributed by atoms with E-state index in [9.17, 15) is 4.79 Å². The molecular formula is C14H30O2. The lowest BCUT2D eigenvalue weighted by atomic mass is 10.1. The van der Waals surface area contributed by atoms with Crippen molar-refractivity contribution < 1.29 is 9.90 Å². The van der Waals surface area contributed by atoms with Crippen molar-refractivity contribution in [3.8, 4) is 0 Å². The number of unbranched alkanes of at least 4 members (excludes halogenated alkanes) is 8. The molecule has 2 heteroatoms. The van der Waals surface area contributed by atoms with Gasteiger partial charge in [0.15, 0.2) is 0 Å². The van der Waals surface area contributed by atoms with Crippen LogP contribution in [0.1, 0.15) is 78.6 Å². The van der Waals surface area contributed by atoms with Crippen LogP contribution < -0.4 is 0 Å². The average Bonchev–Trinajstić information content (AvgIpc) is 2.21. The summed E-state index contributed by atoms with van der Waals surface area (Å²) in [6, 6.07) is 0. The van der Waals surface area contributed by atoms with Gasteiger partial charge in [-0.25, -0.2) is 0 Å². The summed E-state index contributed by atoms with van der Waals surface area (Å²) in [5, 5.41) is 8.54. The highest BCUT2D eigenvalue weighted by Gasteiger charge is 1.90. The Morgan fingerprint density at radius 1 is 0.812 bits per heavy atom. The highest BCUT2D eigenvalue weighted by molar-refractivity contribution is 5.72. The maximum absolute atomic E-state index is 9.44. The fourth-order valence-corrected chi connectivity index (χ4v) is 1.42. The number of Topliss-reactive ketones (excluding diaryl/α,β-unsaturated/α-hetero) is 1. The molecule has 98 valence electrons. The van der Waals surface area contributed by atoms with E-state index in [1.165, 1.54) is 65.2 Å². The number of aliphatic hydroxyl groups excluding tert-OH is 1. The molecule has 0 atom stereocenters. The molecule has 0 aromatic carbocycles. The quantitative estimate of drug-likeness (QED) is 0.605. The first-order valence-corrected chi connectivity index (χ1v) is 6.73. The maximum Gasteiger partial charge on any atom is 0.126 e. The Kier molecular flexibility index (Phi) is 19.2. The molecule has 0 aromatic heterocycles. The maximum atomic E-state index is 9.44. The van der Waals surface area contributed by atoms with Gasteiger partial charge in [0.05, 0.1) is 0 Å². The van der Waals surface area contributed by atoms with Crippen molar-refractivity contribution in [3.63, 3.8) is 0 Å². The Morgan fingerprint density at radius 2 is 1.12 bits per heavy atom. The molecule has 16 heavy (non-hydrogen) atoms. The van der Waals surface area contributed by atoms with Gasteiger partial charge < -0.3 is 9.90 Å². The summed E-state index contributed by atoms with van der Waals surface area (Å²) in [5.41, 5.74) is 0. The number of ketones is 1. The van der Waals surface area contributed by atoms with Gasteiger partial charge in [0.2, 0.25) is 0 Å². The molecule has 0 fully saturated rings. The topological polar surface area (TPSA) is 37.3 Å². The normalized spacial score (nSPS) is 9.50. The number of rotatable bonds is 9. The molecule has 0 spiro atoms. The van der Waals surface area contributed by atoms with E-state index >= 15 is 0 Å². The highest BCUT2D eigenvalue weighted by atomic mass is 16.2. The zero-order valence-electron chi connectivity index (χ0n) is 11.4. The van der Waals surface area contributed by atoms with E-state index in [-0.39, 0.29) is 5.78 Å². The van der Waals surface area contributed by atoms with E-state index in [1.54, 1.807) is 0 Å². The fraction of sp³-hybridized carbons (Fsp3) is 0.929. The summed E-state index contributed by atoms with van der Waals surface area (Å²) >= 11 is 0. The van der Waals surface area contributed by atoms with Gasteiger partial charge in [0.1, 0.15) is 5.78 Å². The Morgan fingerprint density at radius 3 is 1.44 bits per heavy atom. The first kappa shape index (κ1) is 18.0. The summed E-state index contributed by atoms with van der Waals surface area (Å²) in [6.45, 7) is 5.68. The van der Waals surface area contributed by atoms with Crippen molar-refractivity contribution in [2.45, 2.75) is 78.6 Å². The summed E-state index contributed by atoms with van der Waals surface area (Å²) in [7, 11) is 0. The van der Waals surface area contributed by atoms with Gasteiger partial charge in [-0.1, -0.05) is 58.3 Å². The second kappa shape index (κ2) is 17.0. The lowest BCUT2D eigenvalue weighted by Gasteiger charge is -1.99. The predicted octanol–water partition coefficient (Wildman–Crippen LogP) is 4.10. The number of hydrogen-bond acceptors (Lipinski definition) is 2. The third-order valence-electron chi connectivity index (χ3n) is 2.26. The second-order valence-corrected chi connectivity index (χ2v) is 4.46. The van der Waals surface area contributed by atoms with E-state index in [0.717, 1.165) is 6.42 Å². The van der Waals surface area contributed by atoms with Crippen molar-refractivity contribution in [3.05, 3.63) is 0 Å². The smallest absolute Gasteiger partial charge is 0.126 e.